The fourth-order valence-electron chi connectivity index (χ4n) is 2.86. The van der Waals surface area contributed by atoms with E-state index in [1.54, 1.807) is 0 Å². The number of hydrogen-bond acceptors (Lipinski definition) is 3. The van der Waals surface area contributed by atoms with Crippen LogP contribution in [0, 0.1) is 0 Å². The van der Waals surface area contributed by atoms with E-state index in [1.807, 2.05) is 6.07 Å². The molecule has 1 aliphatic rings. The number of rotatable bonds is 7. The lowest BCUT2D eigenvalue weighted by atomic mass is 10.0. The topological polar surface area (TPSA) is 38.8 Å². The average Bonchev–Trinajstić information content (AvgIpc) is 3.36. The van der Waals surface area contributed by atoms with Gasteiger partial charge >= 0.3 is 5.97 Å². The van der Waals surface area contributed by atoms with E-state index < -0.39 is 0 Å². The van der Waals surface area contributed by atoms with Gasteiger partial charge in [-0.3, -0.25) is 4.79 Å². The van der Waals surface area contributed by atoms with Gasteiger partial charge in [-0.15, -0.1) is 0 Å². The number of methoxy groups -OCH3 is 1. The van der Waals surface area contributed by atoms with Crippen molar-refractivity contribution < 1.29 is 14.3 Å². The van der Waals surface area contributed by atoms with Crippen molar-refractivity contribution >= 4 is 5.97 Å². The van der Waals surface area contributed by atoms with Crippen molar-refractivity contribution in [3.8, 4) is 0 Å². The van der Waals surface area contributed by atoms with E-state index >= 15 is 0 Å². The van der Waals surface area contributed by atoms with E-state index in [2.05, 4.69) is 53.3 Å². The predicted octanol–water partition coefficient (Wildman–Crippen LogP) is 4.06. The summed E-state index contributed by atoms with van der Waals surface area (Å²) in [6, 6.07) is 19.1. The van der Waals surface area contributed by atoms with E-state index in [4.69, 9.17) is 4.74 Å². The summed E-state index contributed by atoms with van der Waals surface area (Å²) in [7, 11) is 1.43. The highest BCUT2D eigenvalue weighted by Gasteiger charge is 2.39. The third kappa shape index (κ3) is 4.42. The van der Waals surface area contributed by atoms with Crippen LogP contribution in [-0.2, 0) is 20.7 Å². The molecule has 0 aromatic heterocycles. The zero-order valence-electron chi connectivity index (χ0n) is 13.4. The summed E-state index contributed by atoms with van der Waals surface area (Å²) in [6.45, 7) is 0. The summed E-state index contributed by atoms with van der Waals surface area (Å²) in [5.74, 6) is -0.146. The van der Waals surface area contributed by atoms with Crippen LogP contribution in [0.5, 0.6) is 0 Å². The molecular weight excluding hydrogens is 288 g/mol. The third-order valence-electron chi connectivity index (χ3n) is 4.24. The quantitative estimate of drug-likeness (QED) is 0.572. The first-order chi connectivity index (χ1) is 11.3. The van der Waals surface area contributed by atoms with Crippen molar-refractivity contribution in [2.45, 2.75) is 37.9 Å². The number of epoxide rings is 1. The van der Waals surface area contributed by atoms with Crippen molar-refractivity contribution in [3.63, 3.8) is 0 Å². The molecule has 120 valence electrons. The monoisotopic (exact) mass is 310 g/mol. The van der Waals surface area contributed by atoms with Crippen molar-refractivity contribution in [2.75, 3.05) is 7.11 Å². The van der Waals surface area contributed by atoms with Crippen molar-refractivity contribution in [3.05, 3.63) is 71.3 Å². The van der Waals surface area contributed by atoms with Crippen LogP contribution in [0.15, 0.2) is 54.6 Å². The first-order valence-electron chi connectivity index (χ1n) is 8.11. The molecule has 1 saturated heterocycles. The van der Waals surface area contributed by atoms with Crippen LogP contribution in [0.1, 0.15) is 42.1 Å². The largest absolute Gasteiger partial charge is 0.469 e. The van der Waals surface area contributed by atoms with Gasteiger partial charge < -0.3 is 9.47 Å². The van der Waals surface area contributed by atoms with E-state index in [-0.39, 0.29) is 18.2 Å². The summed E-state index contributed by atoms with van der Waals surface area (Å²) in [5, 5.41) is 0. The Bertz CT molecular complexity index is 634. The normalized spacial score (nSPS) is 19.3. The summed E-state index contributed by atoms with van der Waals surface area (Å²) in [6.07, 6.45) is 3.60. The molecule has 1 aliphatic heterocycles. The van der Waals surface area contributed by atoms with E-state index in [9.17, 15) is 4.79 Å². The van der Waals surface area contributed by atoms with E-state index in [0.29, 0.717) is 6.42 Å². The highest BCUT2D eigenvalue weighted by atomic mass is 16.6. The molecule has 23 heavy (non-hydrogen) atoms. The SMILES string of the molecule is COC(=O)CCCC1OC1c1ccc(Cc2ccccc2)cc1. The minimum Gasteiger partial charge on any atom is -0.469 e. The molecule has 0 spiro atoms. The van der Waals surface area contributed by atoms with Gasteiger partial charge in [0.05, 0.1) is 13.2 Å². The summed E-state index contributed by atoms with van der Waals surface area (Å²) >= 11 is 0. The van der Waals surface area contributed by atoms with Gasteiger partial charge in [0.1, 0.15) is 6.10 Å². The maximum Gasteiger partial charge on any atom is 0.305 e. The van der Waals surface area contributed by atoms with Gasteiger partial charge in [-0.2, -0.15) is 0 Å². The first-order valence-corrected chi connectivity index (χ1v) is 8.11. The maximum absolute atomic E-state index is 11.1. The molecule has 3 heteroatoms. The molecule has 0 amide bonds. The molecule has 3 nitrogen and oxygen atoms in total. The molecule has 1 heterocycles. The Morgan fingerprint density at radius 2 is 1.74 bits per heavy atom. The van der Waals surface area contributed by atoms with Crippen LogP contribution >= 0.6 is 0 Å². The number of benzene rings is 2. The second-order valence-corrected chi connectivity index (χ2v) is 5.97. The second-order valence-electron chi connectivity index (χ2n) is 5.97. The van der Waals surface area contributed by atoms with E-state index in [1.165, 1.54) is 23.8 Å². The molecule has 2 aromatic carbocycles. The summed E-state index contributed by atoms with van der Waals surface area (Å²) < 4.78 is 10.4. The zero-order valence-corrected chi connectivity index (χ0v) is 13.4. The van der Waals surface area contributed by atoms with Crippen molar-refractivity contribution in [1.82, 2.24) is 0 Å². The van der Waals surface area contributed by atoms with Crippen LogP contribution < -0.4 is 0 Å². The molecule has 3 rings (SSSR count). The van der Waals surface area contributed by atoms with Crippen molar-refractivity contribution in [2.24, 2.45) is 0 Å². The zero-order chi connectivity index (χ0) is 16.1. The molecule has 0 N–H and O–H groups in total. The molecule has 1 fully saturated rings. The lowest BCUT2D eigenvalue weighted by Gasteiger charge is -2.03. The molecule has 2 unspecified atom stereocenters. The molecule has 2 aromatic rings. The van der Waals surface area contributed by atoms with Gasteiger partial charge in [0.15, 0.2) is 0 Å². The van der Waals surface area contributed by atoms with E-state index in [0.717, 1.165) is 19.3 Å². The Hall–Kier alpha value is -2.13. The highest BCUT2D eigenvalue weighted by Crippen LogP contribution is 2.41. The first kappa shape index (κ1) is 15.8. The van der Waals surface area contributed by atoms with Crippen LogP contribution in [0.3, 0.4) is 0 Å². The summed E-state index contributed by atoms with van der Waals surface area (Å²) in [4.78, 5) is 11.1. The Labute approximate surface area is 137 Å². The molecule has 0 bridgehead atoms. The standard InChI is InChI=1S/C20H22O3/c1-22-19(21)9-5-8-18-20(23-18)17-12-10-16(11-13-17)14-15-6-3-2-4-7-15/h2-4,6-7,10-13,18,20H,5,8-9,14H2,1H3. The average molecular weight is 310 g/mol. The minimum absolute atomic E-state index is 0.146. The lowest BCUT2D eigenvalue weighted by Crippen LogP contribution is -2.00. The fourth-order valence-corrected chi connectivity index (χ4v) is 2.86. The summed E-state index contributed by atoms with van der Waals surface area (Å²) in [5.41, 5.74) is 3.86. The van der Waals surface area contributed by atoms with Gasteiger partial charge in [-0.25, -0.2) is 0 Å². The fraction of sp³-hybridized carbons (Fsp3) is 0.350. The van der Waals surface area contributed by atoms with Gasteiger partial charge in [-0.05, 0) is 36.0 Å². The Kier molecular flexibility index (Phi) is 5.09. The minimum atomic E-state index is -0.146. The van der Waals surface area contributed by atoms with Gasteiger partial charge in [0, 0.05) is 6.42 Å². The van der Waals surface area contributed by atoms with Crippen LogP contribution in [0.25, 0.3) is 0 Å². The molecule has 0 radical (unpaired) electrons. The number of hydrogen-bond donors (Lipinski definition) is 0. The van der Waals surface area contributed by atoms with Gasteiger partial charge in [-0.1, -0.05) is 54.6 Å². The number of carbonyl (C=O) groups excluding carboxylic acids is 1. The van der Waals surface area contributed by atoms with Gasteiger partial charge in [0.2, 0.25) is 0 Å². The smallest absolute Gasteiger partial charge is 0.305 e. The Morgan fingerprint density at radius 1 is 1.04 bits per heavy atom. The Balaban J connectivity index is 1.48. The highest BCUT2D eigenvalue weighted by molar-refractivity contribution is 5.69. The molecule has 2 atom stereocenters. The van der Waals surface area contributed by atoms with Crippen LogP contribution in [-0.4, -0.2) is 19.2 Å². The second kappa shape index (κ2) is 7.42. The lowest BCUT2D eigenvalue weighted by molar-refractivity contribution is -0.140. The van der Waals surface area contributed by atoms with Gasteiger partial charge in [0.25, 0.3) is 0 Å². The van der Waals surface area contributed by atoms with Crippen molar-refractivity contribution in [1.29, 1.82) is 0 Å². The molecular formula is C20H22O3. The van der Waals surface area contributed by atoms with Crippen LogP contribution in [0.2, 0.25) is 0 Å². The number of ether oxygens (including phenoxy) is 2. The molecule has 0 aliphatic carbocycles. The predicted molar refractivity (Wildman–Crippen MR) is 89.2 cm³/mol. The third-order valence-corrected chi connectivity index (χ3v) is 4.24. The van der Waals surface area contributed by atoms with Crippen LogP contribution in [0.4, 0.5) is 0 Å². The Morgan fingerprint density at radius 3 is 2.43 bits per heavy atom. The molecule has 0 saturated carbocycles. The number of carbonyl (C=O) groups is 1. The maximum atomic E-state index is 11.1. The number of esters is 1.